The minimum absolute atomic E-state index is 0.287. The van der Waals surface area contributed by atoms with Crippen LogP contribution in [0.4, 0.5) is 5.13 Å². The first-order valence-electron chi connectivity index (χ1n) is 7.65. The third-order valence-electron chi connectivity index (χ3n) is 3.49. The van der Waals surface area contributed by atoms with Gasteiger partial charge in [-0.1, -0.05) is 53.3 Å². The molecule has 7 heteroatoms. The molecule has 0 saturated carbocycles. The lowest BCUT2D eigenvalue weighted by Crippen LogP contribution is -2.30. The van der Waals surface area contributed by atoms with Gasteiger partial charge < -0.3 is 4.74 Å². The van der Waals surface area contributed by atoms with Crippen molar-refractivity contribution in [2.75, 3.05) is 5.32 Å². The highest BCUT2D eigenvalue weighted by Crippen LogP contribution is 2.26. The molecule has 2 aromatic carbocycles. The van der Waals surface area contributed by atoms with Gasteiger partial charge in [-0.3, -0.25) is 10.1 Å². The van der Waals surface area contributed by atoms with Gasteiger partial charge >= 0.3 is 0 Å². The number of carbonyl (C=O) groups excluding carboxylic acids is 1. The van der Waals surface area contributed by atoms with Gasteiger partial charge in [0, 0.05) is 10.6 Å². The Morgan fingerprint density at radius 3 is 2.68 bits per heavy atom. The van der Waals surface area contributed by atoms with Crippen LogP contribution >= 0.6 is 22.9 Å². The van der Waals surface area contributed by atoms with Crippen molar-refractivity contribution in [3.05, 3.63) is 59.1 Å². The zero-order chi connectivity index (χ0) is 17.8. The van der Waals surface area contributed by atoms with Crippen molar-refractivity contribution in [1.82, 2.24) is 10.2 Å². The van der Waals surface area contributed by atoms with Gasteiger partial charge in [0.05, 0.1) is 0 Å². The van der Waals surface area contributed by atoms with Gasteiger partial charge in [-0.15, -0.1) is 10.2 Å². The van der Waals surface area contributed by atoms with Crippen molar-refractivity contribution in [3.63, 3.8) is 0 Å². The molecule has 0 unspecified atom stereocenters. The van der Waals surface area contributed by atoms with E-state index in [1.807, 2.05) is 37.3 Å². The molecule has 1 amide bonds. The number of ether oxygens (including phenoxy) is 1. The van der Waals surface area contributed by atoms with Crippen LogP contribution in [0.1, 0.15) is 12.5 Å². The van der Waals surface area contributed by atoms with Gasteiger partial charge in [-0.05, 0) is 37.6 Å². The summed E-state index contributed by atoms with van der Waals surface area (Å²) in [6.07, 6.45) is -0.677. The van der Waals surface area contributed by atoms with E-state index < -0.39 is 6.10 Å². The average molecular weight is 374 g/mol. The van der Waals surface area contributed by atoms with E-state index in [0.29, 0.717) is 15.9 Å². The minimum Gasteiger partial charge on any atom is -0.481 e. The summed E-state index contributed by atoms with van der Waals surface area (Å²) in [6.45, 7) is 3.56. The molecular weight excluding hydrogens is 358 g/mol. The molecule has 0 aliphatic heterocycles. The van der Waals surface area contributed by atoms with Crippen molar-refractivity contribution in [1.29, 1.82) is 0 Å². The maximum atomic E-state index is 12.3. The second kappa shape index (κ2) is 7.63. The molecule has 0 aliphatic carbocycles. The molecule has 0 fully saturated rings. The van der Waals surface area contributed by atoms with Crippen LogP contribution in [0.5, 0.6) is 5.75 Å². The Hall–Kier alpha value is -2.44. The summed E-state index contributed by atoms with van der Waals surface area (Å²) in [6, 6.07) is 15.0. The number of aromatic nitrogens is 2. The van der Waals surface area contributed by atoms with Crippen LogP contribution in [0.2, 0.25) is 5.02 Å². The molecule has 0 saturated heterocycles. The zero-order valence-electron chi connectivity index (χ0n) is 13.7. The molecule has 128 valence electrons. The van der Waals surface area contributed by atoms with Gasteiger partial charge in [0.2, 0.25) is 5.13 Å². The Morgan fingerprint density at radius 2 is 1.96 bits per heavy atom. The lowest BCUT2D eigenvalue weighted by molar-refractivity contribution is -0.122. The van der Waals surface area contributed by atoms with E-state index in [0.717, 1.165) is 16.1 Å². The summed E-state index contributed by atoms with van der Waals surface area (Å²) in [5, 5.41) is 12.7. The van der Waals surface area contributed by atoms with Crippen LogP contribution in [0.3, 0.4) is 0 Å². The number of carbonyl (C=O) groups is 1. The number of hydrogen-bond donors (Lipinski definition) is 1. The summed E-state index contributed by atoms with van der Waals surface area (Å²) in [7, 11) is 0. The Kier molecular flexibility index (Phi) is 5.31. The van der Waals surface area contributed by atoms with Crippen molar-refractivity contribution >= 4 is 34.0 Å². The molecule has 0 aliphatic rings. The third kappa shape index (κ3) is 4.35. The lowest BCUT2D eigenvalue weighted by Gasteiger charge is -2.15. The molecule has 1 heterocycles. The molecule has 0 radical (unpaired) electrons. The number of aryl methyl sites for hydroxylation is 1. The standard InChI is InChI=1S/C18H16ClN3O2S/c1-11-10-14(19)8-9-15(11)24-12(2)16(23)20-18-22-21-17(25-18)13-6-4-3-5-7-13/h3-10,12H,1-2H3,(H,20,22,23)/t12-/m0/s1. The number of amides is 1. The smallest absolute Gasteiger partial charge is 0.266 e. The van der Waals surface area contributed by atoms with Crippen molar-refractivity contribution < 1.29 is 9.53 Å². The van der Waals surface area contributed by atoms with Crippen LogP contribution in [-0.4, -0.2) is 22.2 Å². The number of anilines is 1. The van der Waals surface area contributed by atoms with E-state index in [-0.39, 0.29) is 5.91 Å². The summed E-state index contributed by atoms with van der Waals surface area (Å²) in [5.74, 6) is 0.333. The second-order valence-corrected chi connectivity index (χ2v) is 6.85. The maximum absolute atomic E-state index is 12.3. The highest BCUT2D eigenvalue weighted by atomic mass is 35.5. The molecular formula is C18H16ClN3O2S. The van der Waals surface area contributed by atoms with Crippen molar-refractivity contribution in [3.8, 4) is 16.3 Å². The number of nitrogens with zero attached hydrogens (tertiary/aromatic N) is 2. The normalized spacial score (nSPS) is 11.8. The highest BCUT2D eigenvalue weighted by Gasteiger charge is 2.18. The Bertz CT molecular complexity index is 883. The second-order valence-electron chi connectivity index (χ2n) is 5.44. The van der Waals surface area contributed by atoms with E-state index in [9.17, 15) is 4.79 Å². The topological polar surface area (TPSA) is 64.1 Å². The molecule has 1 aromatic heterocycles. The van der Waals surface area contributed by atoms with E-state index in [1.165, 1.54) is 11.3 Å². The molecule has 5 nitrogen and oxygen atoms in total. The molecule has 0 spiro atoms. The summed E-state index contributed by atoms with van der Waals surface area (Å²) in [5.41, 5.74) is 1.83. The Morgan fingerprint density at radius 1 is 1.20 bits per heavy atom. The Labute approximate surface area is 154 Å². The number of benzene rings is 2. The lowest BCUT2D eigenvalue weighted by atomic mass is 10.2. The quantitative estimate of drug-likeness (QED) is 0.711. The summed E-state index contributed by atoms with van der Waals surface area (Å²) >= 11 is 7.24. The number of nitrogens with one attached hydrogen (secondary N) is 1. The Balaban J connectivity index is 1.65. The molecule has 1 atom stereocenters. The van der Waals surface area contributed by atoms with E-state index in [2.05, 4.69) is 15.5 Å². The maximum Gasteiger partial charge on any atom is 0.266 e. The fourth-order valence-corrected chi connectivity index (χ4v) is 3.15. The number of rotatable bonds is 5. The van der Waals surface area contributed by atoms with Gasteiger partial charge in [0.1, 0.15) is 10.8 Å². The van der Waals surface area contributed by atoms with Gasteiger partial charge in [0.25, 0.3) is 5.91 Å². The predicted octanol–water partition coefficient (Wildman–Crippen LogP) is 4.57. The third-order valence-corrected chi connectivity index (χ3v) is 4.61. The fraction of sp³-hybridized carbons (Fsp3) is 0.167. The van der Waals surface area contributed by atoms with E-state index in [1.54, 1.807) is 25.1 Å². The number of hydrogen-bond acceptors (Lipinski definition) is 5. The molecule has 0 bridgehead atoms. The molecule has 25 heavy (non-hydrogen) atoms. The number of halogens is 1. The van der Waals surface area contributed by atoms with Gasteiger partial charge in [-0.2, -0.15) is 0 Å². The summed E-state index contributed by atoms with van der Waals surface area (Å²) in [4.78, 5) is 12.3. The largest absolute Gasteiger partial charge is 0.481 e. The van der Waals surface area contributed by atoms with Crippen LogP contribution < -0.4 is 10.1 Å². The minimum atomic E-state index is -0.677. The highest BCUT2D eigenvalue weighted by molar-refractivity contribution is 7.18. The van der Waals surface area contributed by atoms with Gasteiger partial charge in [-0.25, -0.2) is 0 Å². The molecule has 3 rings (SSSR count). The van der Waals surface area contributed by atoms with E-state index in [4.69, 9.17) is 16.3 Å². The summed E-state index contributed by atoms with van der Waals surface area (Å²) < 4.78 is 5.71. The van der Waals surface area contributed by atoms with Crippen LogP contribution in [-0.2, 0) is 4.79 Å². The van der Waals surface area contributed by atoms with Crippen molar-refractivity contribution in [2.45, 2.75) is 20.0 Å². The molecule has 1 N–H and O–H groups in total. The van der Waals surface area contributed by atoms with Crippen molar-refractivity contribution in [2.24, 2.45) is 0 Å². The van der Waals surface area contributed by atoms with Crippen LogP contribution in [0.25, 0.3) is 10.6 Å². The van der Waals surface area contributed by atoms with E-state index >= 15 is 0 Å². The average Bonchev–Trinajstić information content (AvgIpc) is 3.06. The predicted molar refractivity (Wildman–Crippen MR) is 100 cm³/mol. The van der Waals surface area contributed by atoms with Crippen LogP contribution in [0.15, 0.2) is 48.5 Å². The first kappa shape index (κ1) is 17.4. The fourth-order valence-electron chi connectivity index (χ4n) is 2.17. The monoisotopic (exact) mass is 373 g/mol. The van der Waals surface area contributed by atoms with Crippen LogP contribution in [0, 0.1) is 6.92 Å². The molecule has 3 aromatic rings. The first-order chi connectivity index (χ1) is 12.0. The SMILES string of the molecule is Cc1cc(Cl)ccc1O[C@@H](C)C(=O)Nc1nnc(-c2ccccc2)s1. The van der Waals surface area contributed by atoms with Gasteiger partial charge in [0.15, 0.2) is 6.10 Å². The zero-order valence-corrected chi connectivity index (χ0v) is 15.3. The first-order valence-corrected chi connectivity index (χ1v) is 8.85.